The number of carbonyl (C=O) groups is 1. The van der Waals surface area contributed by atoms with Gasteiger partial charge in [-0.05, 0) is 19.4 Å². The largest absolute Gasteiger partial charge is 0.361 e. The molecule has 20 heavy (non-hydrogen) atoms. The van der Waals surface area contributed by atoms with Crippen molar-refractivity contribution >= 4 is 17.7 Å². The van der Waals surface area contributed by atoms with Gasteiger partial charge in [0.05, 0.1) is 5.69 Å². The number of thioether (sulfide) groups is 1. The quantitative estimate of drug-likeness (QED) is 0.831. The maximum atomic E-state index is 12.0. The number of nitrogens with zero attached hydrogens (tertiary/aromatic N) is 1. The van der Waals surface area contributed by atoms with Crippen LogP contribution in [0.25, 0.3) is 0 Å². The fourth-order valence-corrected chi connectivity index (χ4v) is 2.72. The molecule has 106 valence electrons. The highest BCUT2D eigenvalue weighted by Crippen LogP contribution is 2.13. The third-order valence-electron chi connectivity index (χ3n) is 2.90. The minimum absolute atomic E-state index is 0.110. The summed E-state index contributed by atoms with van der Waals surface area (Å²) >= 11 is 1.80. The van der Waals surface area contributed by atoms with Crippen molar-refractivity contribution in [2.75, 3.05) is 12.3 Å². The summed E-state index contributed by atoms with van der Waals surface area (Å²) in [4.78, 5) is 12.0. The molecule has 4 nitrogen and oxygen atoms in total. The first kappa shape index (κ1) is 14.7. The Labute approximate surface area is 122 Å². The van der Waals surface area contributed by atoms with E-state index in [1.807, 2.05) is 18.2 Å². The van der Waals surface area contributed by atoms with Gasteiger partial charge in [-0.2, -0.15) is 11.8 Å². The second-order valence-electron chi connectivity index (χ2n) is 4.49. The first-order chi connectivity index (χ1) is 9.68. The summed E-state index contributed by atoms with van der Waals surface area (Å²) < 4.78 is 4.99. The number of hydrogen-bond donors (Lipinski definition) is 1. The van der Waals surface area contributed by atoms with Crippen LogP contribution in [-0.2, 0) is 5.75 Å². The van der Waals surface area contributed by atoms with Gasteiger partial charge in [-0.1, -0.05) is 35.5 Å². The molecule has 1 amide bonds. The molecular formula is C15H18N2O2S. The maximum absolute atomic E-state index is 12.0. The molecule has 1 aromatic carbocycles. The monoisotopic (exact) mass is 290 g/mol. The van der Waals surface area contributed by atoms with Crippen molar-refractivity contribution in [2.45, 2.75) is 19.6 Å². The van der Waals surface area contributed by atoms with E-state index in [9.17, 15) is 4.79 Å². The minimum atomic E-state index is -0.110. The van der Waals surface area contributed by atoms with Crippen LogP contribution in [0, 0.1) is 13.8 Å². The third kappa shape index (κ3) is 3.87. The third-order valence-corrected chi connectivity index (χ3v) is 3.93. The van der Waals surface area contributed by atoms with Gasteiger partial charge in [0.1, 0.15) is 11.3 Å². The van der Waals surface area contributed by atoms with Gasteiger partial charge in [0.25, 0.3) is 5.91 Å². The van der Waals surface area contributed by atoms with Crippen LogP contribution in [0.5, 0.6) is 0 Å². The smallest absolute Gasteiger partial charge is 0.256 e. The van der Waals surface area contributed by atoms with Gasteiger partial charge in [0.2, 0.25) is 0 Å². The lowest BCUT2D eigenvalue weighted by Gasteiger charge is -2.05. The van der Waals surface area contributed by atoms with Crippen molar-refractivity contribution in [1.82, 2.24) is 10.5 Å². The zero-order valence-corrected chi connectivity index (χ0v) is 12.5. The van der Waals surface area contributed by atoms with Gasteiger partial charge >= 0.3 is 0 Å². The normalized spacial score (nSPS) is 10.5. The van der Waals surface area contributed by atoms with Gasteiger partial charge in [0.15, 0.2) is 0 Å². The number of amides is 1. The summed E-state index contributed by atoms with van der Waals surface area (Å²) in [5, 5.41) is 6.67. The Balaban J connectivity index is 1.70. The Hall–Kier alpha value is -1.75. The van der Waals surface area contributed by atoms with Crippen molar-refractivity contribution in [1.29, 1.82) is 0 Å². The predicted molar refractivity (Wildman–Crippen MR) is 80.9 cm³/mol. The molecular weight excluding hydrogens is 272 g/mol. The molecule has 1 aromatic heterocycles. The van der Waals surface area contributed by atoms with Crippen molar-refractivity contribution in [3.8, 4) is 0 Å². The van der Waals surface area contributed by atoms with Crippen LogP contribution in [0.3, 0.4) is 0 Å². The van der Waals surface area contributed by atoms with Crippen LogP contribution in [0.1, 0.15) is 27.4 Å². The summed E-state index contributed by atoms with van der Waals surface area (Å²) in [7, 11) is 0. The predicted octanol–water partition coefficient (Wildman–Crippen LogP) is 2.95. The van der Waals surface area contributed by atoms with E-state index in [4.69, 9.17) is 4.52 Å². The first-order valence-corrected chi connectivity index (χ1v) is 7.66. The zero-order chi connectivity index (χ0) is 14.4. The van der Waals surface area contributed by atoms with Crippen LogP contribution in [0.2, 0.25) is 0 Å². The van der Waals surface area contributed by atoms with E-state index in [0.29, 0.717) is 23.6 Å². The zero-order valence-electron chi connectivity index (χ0n) is 11.7. The van der Waals surface area contributed by atoms with E-state index in [-0.39, 0.29) is 5.91 Å². The molecule has 2 aromatic rings. The van der Waals surface area contributed by atoms with E-state index < -0.39 is 0 Å². The Kier molecular flexibility index (Phi) is 5.24. The SMILES string of the molecule is Cc1noc(C)c1C(=O)NCCSCc1ccccc1. The molecule has 0 saturated carbocycles. The molecule has 0 aliphatic carbocycles. The number of aryl methyl sites for hydroxylation is 2. The van der Waals surface area contributed by atoms with Crippen molar-refractivity contribution < 1.29 is 9.32 Å². The molecule has 5 heteroatoms. The average molecular weight is 290 g/mol. The number of hydrogen-bond acceptors (Lipinski definition) is 4. The average Bonchev–Trinajstić information content (AvgIpc) is 2.79. The van der Waals surface area contributed by atoms with Crippen LogP contribution in [0.4, 0.5) is 0 Å². The van der Waals surface area contributed by atoms with Crippen LogP contribution < -0.4 is 5.32 Å². The summed E-state index contributed by atoms with van der Waals surface area (Å²) in [5.41, 5.74) is 2.49. The van der Waals surface area contributed by atoms with Gasteiger partial charge < -0.3 is 9.84 Å². The van der Waals surface area contributed by atoms with E-state index in [0.717, 1.165) is 11.5 Å². The van der Waals surface area contributed by atoms with Crippen molar-refractivity contribution in [3.05, 3.63) is 52.9 Å². The Morgan fingerprint density at radius 2 is 2.05 bits per heavy atom. The summed E-state index contributed by atoms with van der Waals surface area (Å²) in [5.74, 6) is 2.30. The second kappa shape index (κ2) is 7.14. The topological polar surface area (TPSA) is 55.1 Å². The van der Waals surface area contributed by atoms with E-state index in [1.165, 1.54) is 5.56 Å². The second-order valence-corrected chi connectivity index (χ2v) is 5.60. The highest BCUT2D eigenvalue weighted by atomic mass is 32.2. The molecule has 0 spiro atoms. The van der Waals surface area contributed by atoms with Gasteiger partial charge in [0, 0.05) is 18.1 Å². The summed E-state index contributed by atoms with van der Waals surface area (Å²) in [6.45, 7) is 4.16. The lowest BCUT2D eigenvalue weighted by Crippen LogP contribution is -2.26. The number of benzene rings is 1. The van der Waals surface area contributed by atoms with Crippen molar-refractivity contribution in [3.63, 3.8) is 0 Å². The molecule has 0 radical (unpaired) electrons. The minimum Gasteiger partial charge on any atom is -0.361 e. The lowest BCUT2D eigenvalue weighted by atomic mass is 10.2. The van der Waals surface area contributed by atoms with E-state index in [2.05, 4.69) is 22.6 Å². The number of nitrogens with one attached hydrogen (secondary N) is 1. The number of rotatable bonds is 6. The molecule has 2 rings (SSSR count). The summed E-state index contributed by atoms with van der Waals surface area (Å²) in [6, 6.07) is 10.3. The number of carbonyl (C=O) groups excluding carboxylic acids is 1. The molecule has 0 atom stereocenters. The van der Waals surface area contributed by atoms with Crippen LogP contribution in [-0.4, -0.2) is 23.4 Å². The highest BCUT2D eigenvalue weighted by Gasteiger charge is 2.16. The van der Waals surface area contributed by atoms with E-state index >= 15 is 0 Å². The van der Waals surface area contributed by atoms with Gasteiger partial charge in [-0.3, -0.25) is 4.79 Å². The fraction of sp³-hybridized carbons (Fsp3) is 0.333. The van der Waals surface area contributed by atoms with Gasteiger partial charge in [-0.25, -0.2) is 0 Å². The molecule has 0 aliphatic heterocycles. The van der Waals surface area contributed by atoms with Crippen LogP contribution in [0.15, 0.2) is 34.9 Å². The standard InChI is InChI=1S/C15H18N2O2S/c1-11-14(12(2)19-17-11)15(18)16-8-9-20-10-13-6-4-3-5-7-13/h3-7H,8-10H2,1-2H3,(H,16,18). The fourth-order valence-electron chi connectivity index (χ4n) is 1.90. The molecule has 0 fully saturated rings. The van der Waals surface area contributed by atoms with E-state index in [1.54, 1.807) is 25.6 Å². The molecule has 0 bridgehead atoms. The lowest BCUT2D eigenvalue weighted by molar-refractivity contribution is 0.0954. The first-order valence-electron chi connectivity index (χ1n) is 6.51. The maximum Gasteiger partial charge on any atom is 0.256 e. The molecule has 0 saturated heterocycles. The highest BCUT2D eigenvalue weighted by molar-refractivity contribution is 7.98. The number of aromatic nitrogens is 1. The van der Waals surface area contributed by atoms with Crippen molar-refractivity contribution in [2.24, 2.45) is 0 Å². The molecule has 0 unspecified atom stereocenters. The Morgan fingerprint density at radius 1 is 1.30 bits per heavy atom. The van der Waals surface area contributed by atoms with Gasteiger partial charge in [-0.15, -0.1) is 0 Å². The molecule has 1 N–H and O–H groups in total. The Morgan fingerprint density at radius 3 is 2.70 bits per heavy atom. The molecule has 0 aliphatic rings. The molecule has 1 heterocycles. The Bertz CT molecular complexity index is 547. The van der Waals surface area contributed by atoms with Crippen LogP contribution >= 0.6 is 11.8 Å². The summed E-state index contributed by atoms with van der Waals surface area (Å²) in [6.07, 6.45) is 0.